The van der Waals surface area contributed by atoms with Gasteiger partial charge in [-0.15, -0.1) is 45.3 Å². The fraction of sp³-hybridized carbons (Fsp3) is 0. The van der Waals surface area contributed by atoms with Gasteiger partial charge in [-0.05, 0) is 248 Å². The molecule has 0 amide bonds. The fourth-order valence-corrected chi connectivity index (χ4v) is 24.2. The van der Waals surface area contributed by atoms with Gasteiger partial charge in [0.25, 0.3) is 0 Å². The molecule has 134 heavy (non-hydrogen) atoms. The van der Waals surface area contributed by atoms with Gasteiger partial charge in [-0.25, -0.2) is 0 Å². The number of hydrogen-bond donors (Lipinski definition) is 0. The van der Waals surface area contributed by atoms with Crippen LogP contribution in [-0.2, 0) is 0 Å². The van der Waals surface area contributed by atoms with Crippen molar-refractivity contribution >= 4 is 194 Å². The summed E-state index contributed by atoms with van der Waals surface area (Å²) in [6.07, 6.45) is 0. The van der Waals surface area contributed by atoms with Gasteiger partial charge in [0.15, 0.2) is 0 Å². The molecule has 0 aliphatic rings. The molecule has 4 heterocycles. The topological polar surface area (TPSA) is 13.0 Å². The van der Waals surface area contributed by atoms with Gasteiger partial charge in [-0.1, -0.05) is 340 Å². The summed E-state index contributed by atoms with van der Waals surface area (Å²) in [6, 6.07) is 185. The van der Waals surface area contributed by atoms with E-state index < -0.39 is 0 Å². The summed E-state index contributed by atoms with van der Waals surface area (Å²) in [5, 5.41) is 10.5. The van der Waals surface area contributed by atoms with E-state index in [4.69, 9.17) is 0 Å². The molecule has 0 fully saturated rings. The van der Waals surface area contributed by atoms with E-state index in [-0.39, 0.29) is 0 Å². The molecule has 0 bridgehead atoms. The van der Waals surface area contributed by atoms with Gasteiger partial charge >= 0.3 is 0 Å². The predicted octanol–water partition coefficient (Wildman–Crippen LogP) is 38.4. The van der Waals surface area contributed by atoms with Crippen LogP contribution in [0.2, 0.25) is 0 Å². The molecule has 8 heteroatoms. The van der Waals surface area contributed by atoms with E-state index >= 15 is 0 Å². The molecule has 4 nitrogen and oxygen atoms in total. The Kier molecular flexibility index (Phi) is 21.5. The lowest BCUT2D eigenvalue weighted by molar-refractivity contribution is 1.26. The number of rotatable bonds is 19. The average Bonchev–Trinajstić information content (AvgIpc) is 1.61. The van der Waals surface area contributed by atoms with Crippen molar-refractivity contribution in [2.45, 2.75) is 0 Å². The van der Waals surface area contributed by atoms with Gasteiger partial charge in [-0.2, -0.15) is 0 Å². The van der Waals surface area contributed by atoms with Crippen LogP contribution in [0.1, 0.15) is 0 Å². The first-order chi connectivity index (χ1) is 66.4. The lowest BCUT2D eigenvalue weighted by Crippen LogP contribution is -2.12. The molecule has 0 radical (unpaired) electrons. The Labute approximate surface area is 794 Å². The Morgan fingerprint density at radius 1 is 0.104 bits per heavy atom. The summed E-state index contributed by atoms with van der Waals surface area (Å²) in [5.41, 5.74) is 30.2. The number of nitrogens with zero attached hydrogens (tertiary/aromatic N) is 4. The van der Waals surface area contributed by atoms with E-state index in [1.165, 1.54) is 147 Å². The third-order valence-corrected chi connectivity index (χ3v) is 30.7. The van der Waals surface area contributed by atoms with Crippen LogP contribution >= 0.6 is 45.3 Å². The molecule has 0 aliphatic heterocycles. The highest BCUT2D eigenvalue weighted by Gasteiger charge is 2.23. The molecule has 0 aliphatic carbocycles. The lowest BCUT2D eigenvalue weighted by Gasteiger charge is -2.28. The third kappa shape index (κ3) is 15.5. The zero-order chi connectivity index (χ0) is 88.8. The molecule has 4 aromatic heterocycles. The first kappa shape index (κ1) is 81.0. The smallest absolute Gasteiger partial charge is 0.0463 e. The van der Waals surface area contributed by atoms with Crippen molar-refractivity contribution in [3.8, 4) is 77.9 Å². The van der Waals surface area contributed by atoms with Crippen molar-refractivity contribution in [3.63, 3.8) is 0 Å². The molecule has 0 unspecified atom stereocenters. The van der Waals surface area contributed by atoms with E-state index in [2.05, 4.69) is 529 Å². The second-order valence-electron chi connectivity index (χ2n) is 33.8. The quantitative estimate of drug-likeness (QED) is 0.0800. The minimum atomic E-state index is 1.09. The van der Waals surface area contributed by atoms with Crippen LogP contribution in [-0.4, -0.2) is 0 Å². The zero-order valence-electron chi connectivity index (χ0n) is 72.9. The van der Waals surface area contributed by atoms with E-state index in [1.54, 1.807) is 0 Å². The molecule has 0 spiro atoms. The Hall–Kier alpha value is -16.3. The van der Waals surface area contributed by atoms with Crippen molar-refractivity contribution in [2.24, 2.45) is 0 Å². The van der Waals surface area contributed by atoms with Crippen LogP contribution < -0.4 is 19.6 Å². The van der Waals surface area contributed by atoms with Crippen molar-refractivity contribution in [3.05, 3.63) is 510 Å². The standard InChI is InChI=1S/C72H48N2S2.C54H36N2S2/c1-3-13-49(14-4-1)51-25-37-57(38-26-51)73(58-39-27-52(28-40-58)50-15-5-2-6-16-50)59-41-29-53(30-42-59)54-31-43-60(44-32-54)74(61-45-33-55(34-46-61)63-19-11-21-67-65-17-7-9-23-69(65)75-71(63)67)62-47-35-56(36-48-62)64-20-12-22-68-66-18-8-10-24-70(66)76-72(64)68;1-3-13-39(14-4-1)55(41-29-25-37(26-30-41)45-19-11-21-49-47-17-7-9-23-51(47)57-53(45)49)43-33-35-44(36-34-43)56(40-15-5-2-6-16-40)42-31-27-38(28-32-42)46-20-12-22-50-48-18-8-10-24-52(48)58-54(46)50/h1-48H;1-36H. The Bertz CT molecular complexity index is 8080. The van der Waals surface area contributed by atoms with Gasteiger partial charge in [0.2, 0.25) is 0 Å². The largest absolute Gasteiger partial charge is 0.311 e. The summed E-state index contributed by atoms with van der Waals surface area (Å²) in [4.78, 5) is 9.40. The van der Waals surface area contributed by atoms with Crippen molar-refractivity contribution in [1.29, 1.82) is 0 Å². The number of fused-ring (bicyclic) bond motifs is 12. The highest BCUT2D eigenvalue weighted by Crippen LogP contribution is 2.50. The van der Waals surface area contributed by atoms with Crippen molar-refractivity contribution in [2.75, 3.05) is 19.6 Å². The molecule has 0 saturated carbocycles. The van der Waals surface area contributed by atoms with Crippen LogP contribution in [0.5, 0.6) is 0 Å². The van der Waals surface area contributed by atoms with E-state index in [0.717, 1.165) is 79.4 Å². The van der Waals surface area contributed by atoms with Crippen molar-refractivity contribution in [1.82, 2.24) is 0 Å². The SMILES string of the molecule is c1ccc(-c2ccc(N(c3ccc(-c4ccccc4)cc3)c3ccc(-c4ccc(N(c5ccc(-c6cccc7c6sc6ccccc67)cc5)c5ccc(-c6cccc7c6sc6ccccc67)cc5)cc4)cc3)cc2)cc1.c1ccc(N(c2ccc(-c3cccc4c3sc3ccccc34)cc2)c2ccc(N(c3ccccc3)c3ccc(-c4cccc5c4sc4ccccc45)cc3)cc2)cc1. The normalized spacial score (nSPS) is 11.4. The maximum atomic E-state index is 2.38. The number of para-hydroxylation sites is 2. The molecule has 25 rings (SSSR count). The fourth-order valence-electron chi connectivity index (χ4n) is 19.2. The maximum absolute atomic E-state index is 2.38. The second kappa shape index (κ2) is 35.5. The number of hydrogen-bond acceptors (Lipinski definition) is 8. The summed E-state index contributed by atoms with van der Waals surface area (Å²) in [7, 11) is 0. The van der Waals surface area contributed by atoms with E-state index in [0.29, 0.717) is 0 Å². The summed E-state index contributed by atoms with van der Waals surface area (Å²) < 4.78 is 10.6. The Morgan fingerprint density at radius 3 is 0.463 bits per heavy atom. The molecule has 0 atom stereocenters. The van der Waals surface area contributed by atoms with Crippen LogP contribution in [0.25, 0.3) is 159 Å². The third-order valence-electron chi connectivity index (χ3n) is 25.8. The van der Waals surface area contributed by atoms with Gasteiger partial charge in [0, 0.05) is 149 Å². The van der Waals surface area contributed by atoms with E-state index in [9.17, 15) is 0 Å². The predicted molar refractivity (Wildman–Crippen MR) is 581 cm³/mol. The first-order valence-corrected chi connectivity index (χ1v) is 48.7. The van der Waals surface area contributed by atoms with Gasteiger partial charge in [0.05, 0.1) is 0 Å². The average molecular weight is 1780 g/mol. The first-order valence-electron chi connectivity index (χ1n) is 45.4. The van der Waals surface area contributed by atoms with Gasteiger partial charge < -0.3 is 19.6 Å². The molecular formula is C126H84N4S4. The summed E-state index contributed by atoms with van der Waals surface area (Å²) >= 11 is 7.50. The second-order valence-corrected chi connectivity index (χ2v) is 38.0. The van der Waals surface area contributed by atoms with Gasteiger partial charge in [-0.3, -0.25) is 0 Å². The van der Waals surface area contributed by atoms with E-state index in [1.807, 2.05) is 45.3 Å². The summed E-state index contributed by atoms with van der Waals surface area (Å²) in [6.45, 7) is 0. The van der Waals surface area contributed by atoms with Gasteiger partial charge in [0.1, 0.15) is 0 Å². The van der Waals surface area contributed by atoms with Crippen LogP contribution in [0, 0.1) is 0 Å². The zero-order valence-corrected chi connectivity index (χ0v) is 76.2. The molecule has 0 N–H and O–H groups in total. The number of thiophene rings is 4. The molecule has 21 aromatic carbocycles. The molecule has 25 aromatic rings. The minimum Gasteiger partial charge on any atom is -0.311 e. The monoisotopic (exact) mass is 1780 g/mol. The van der Waals surface area contributed by atoms with Crippen LogP contribution in [0.15, 0.2) is 510 Å². The maximum Gasteiger partial charge on any atom is 0.0463 e. The highest BCUT2D eigenvalue weighted by atomic mass is 32.1. The van der Waals surface area contributed by atoms with Crippen LogP contribution in [0.3, 0.4) is 0 Å². The molecular weight excluding hydrogens is 1700 g/mol. The Morgan fingerprint density at radius 2 is 0.254 bits per heavy atom. The minimum absolute atomic E-state index is 1.09. The molecule has 632 valence electrons. The number of anilines is 12. The Balaban J connectivity index is 0.000000153. The number of benzene rings is 21. The highest BCUT2D eigenvalue weighted by molar-refractivity contribution is 7.27. The van der Waals surface area contributed by atoms with Crippen molar-refractivity contribution < 1.29 is 0 Å². The summed E-state index contributed by atoms with van der Waals surface area (Å²) in [5.74, 6) is 0. The lowest BCUT2D eigenvalue weighted by atomic mass is 10.0. The molecule has 0 saturated heterocycles. The van der Waals surface area contributed by atoms with Crippen LogP contribution in [0.4, 0.5) is 68.2 Å².